The number of hydrogen-bond acceptors (Lipinski definition) is 5. The Labute approximate surface area is 171 Å². The molecule has 154 valence electrons. The minimum absolute atomic E-state index is 0.0475. The number of nitrogens with zero attached hydrogens (tertiary/aromatic N) is 3. The molecule has 0 unspecified atom stereocenters. The number of rotatable bonds is 8. The maximum absolute atomic E-state index is 12.4. The van der Waals surface area contributed by atoms with Gasteiger partial charge < -0.3 is 9.30 Å². The SMILES string of the molecule is CCn1c(COC(=O)CCc2ccccc2)nc2cc(S(=O)(=O)N(C)C)ccc21. The number of aryl methyl sites for hydroxylation is 2. The molecule has 0 saturated heterocycles. The van der Waals surface area contributed by atoms with Gasteiger partial charge in [-0.1, -0.05) is 30.3 Å². The second-order valence-electron chi connectivity index (χ2n) is 6.86. The molecule has 3 aromatic rings. The number of aromatic nitrogens is 2. The molecule has 0 aliphatic heterocycles. The van der Waals surface area contributed by atoms with Gasteiger partial charge in [0.1, 0.15) is 12.4 Å². The zero-order chi connectivity index (χ0) is 21.0. The molecule has 0 amide bonds. The van der Waals surface area contributed by atoms with Crippen molar-refractivity contribution in [1.82, 2.24) is 13.9 Å². The van der Waals surface area contributed by atoms with Crippen LogP contribution in [0.3, 0.4) is 0 Å². The third kappa shape index (κ3) is 4.65. The van der Waals surface area contributed by atoms with Gasteiger partial charge in [0, 0.05) is 27.1 Å². The highest BCUT2D eigenvalue weighted by molar-refractivity contribution is 7.89. The Balaban J connectivity index is 1.74. The fourth-order valence-corrected chi connectivity index (χ4v) is 4.02. The predicted molar refractivity (Wildman–Crippen MR) is 111 cm³/mol. The van der Waals surface area contributed by atoms with Crippen LogP contribution in [0.5, 0.6) is 0 Å². The number of imidazole rings is 1. The smallest absolute Gasteiger partial charge is 0.306 e. The highest BCUT2D eigenvalue weighted by Gasteiger charge is 2.20. The fraction of sp³-hybridized carbons (Fsp3) is 0.333. The van der Waals surface area contributed by atoms with Gasteiger partial charge in [0.2, 0.25) is 10.0 Å². The Bertz CT molecular complexity index is 1110. The van der Waals surface area contributed by atoms with Crippen molar-refractivity contribution in [3.8, 4) is 0 Å². The largest absolute Gasteiger partial charge is 0.457 e. The maximum atomic E-state index is 12.4. The van der Waals surface area contributed by atoms with E-state index < -0.39 is 10.0 Å². The highest BCUT2D eigenvalue weighted by Crippen LogP contribution is 2.22. The first-order valence-corrected chi connectivity index (χ1v) is 10.9. The van der Waals surface area contributed by atoms with Crippen molar-refractivity contribution in [3.63, 3.8) is 0 Å². The van der Waals surface area contributed by atoms with Crippen molar-refractivity contribution in [2.75, 3.05) is 14.1 Å². The van der Waals surface area contributed by atoms with Crippen LogP contribution in [0, 0.1) is 0 Å². The third-order valence-corrected chi connectivity index (χ3v) is 6.53. The molecule has 7 nitrogen and oxygen atoms in total. The third-order valence-electron chi connectivity index (χ3n) is 4.72. The Kier molecular flexibility index (Phi) is 6.34. The Morgan fingerprint density at radius 2 is 1.86 bits per heavy atom. The average Bonchev–Trinajstić information content (AvgIpc) is 3.08. The summed E-state index contributed by atoms with van der Waals surface area (Å²) in [6, 6.07) is 14.6. The average molecular weight is 416 g/mol. The van der Waals surface area contributed by atoms with E-state index in [9.17, 15) is 13.2 Å². The van der Waals surface area contributed by atoms with E-state index in [2.05, 4.69) is 4.98 Å². The van der Waals surface area contributed by atoms with Gasteiger partial charge in [0.05, 0.1) is 15.9 Å². The number of carbonyl (C=O) groups excluding carboxylic acids is 1. The lowest BCUT2D eigenvalue weighted by molar-refractivity contribution is -0.145. The van der Waals surface area contributed by atoms with Gasteiger partial charge in [0.25, 0.3) is 0 Å². The molecule has 1 heterocycles. The fourth-order valence-electron chi connectivity index (χ4n) is 3.10. The van der Waals surface area contributed by atoms with E-state index in [0.717, 1.165) is 11.1 Å². The monoisotopic (exact) mass is 415 g/mol. The van der Waals surface area contributed by atoms with E-state index >= 15 is 0 Å². The van der Waals surface area contributed by atoms with Gasteiger partial charge in [-0.05, 0) is 37.1 Å². The summed E-state index contributed by atoms with van der Waals surface area (Å²) in [7, 11) is -0.558. The molecule has 3 rings (SSSR count). The molecule has 8 heteroatoms. The highest BCUT2D eigenvalue weighted by atomic mass is 32.2. The summed E-state index contributed by atoms with van der Waals surface area (Å²) in [6.07, 6.45) is 0.914. The zero-order valence-electron chi connectivity index (χ0n) is 16.8. The quantitative estimate of drug-likeness (QED) is 0.528. The minimum Gasteiger partial charge on any atom is -0.457 e. The first-order valence-electron chi connectivity index (χ1n) is 9.44. The molecule has 29 heavy (non-hydrogen) atoms. The number of sulfonamides is 1. The minimum atomic E-state index is -3.54. The van der Waals surface area contributed by atoms with Crippen LogP contribution in [0.1, 0.15) is 24.7 Å². The summed E-state index contributed by atoms with van der Waals surface area (Å²) < 4.78 is 33.2. The van der Waals surface area contributed by atoms with E-state index in [-0.39, 0.29) is 17.5 Å². The van der Waals surface area contributed by atoms with Gasteiger partial charge in [-0.3, -0.25) is 4.79 Å². The molecule has 0 atom stereocenters. The van der Waals surface area contributed by atoms with E-state index in [4.69, 9.17) is 4.74 Å². The Morgan fingerprint density at radius 3 is 2.52 bits per heavy atom. The van der Waals surface area contributed by atoms with Gasteiger partial charge in [-0.2, -0.15) is 0 Å². The van der Waals surface area contributed by atoms with Crippen LogP contribution in [0.25, 0.3) is 11.0 Å². The molecule has 0 fully saturated rings. The van der Waals surface area contributed by atoms with Crippen LogP contribution in [0.2, 0.25) is 0 Å². The zero-order valence-corrected chi connectivity index (χ0v) is 17.6. The van der Waals surface area contributed by atoms with Crippen LogP contribution < -0.4 is 0 Å². The first kappa shape index (κ1) is 21.0. The maximum Gasteiger partial charge on any atom is 0.306 e. The summed E-state index contributed by atoms with van der Waals surface area (Å²) in [5, 5.41) is 0. The molecule has 0 radical (unpaired) electrons. The number of esters is 1. The van der Waals surface area contributed by atoms with Gasteiger partial charge in [0.15, 0.2) is 0 Å². The van der Waals surface area contributed by atoms with Crippen molar-refractivity contribution >= 4 is 27.0 Å². The summed E-state index contributed by atoms with van der Waals surface area (Å²) in [5.74, 6) is 0.300. The lowest BCUT2D eigenvalue weighted by atomic mass is 10.1. The van der Waals surface area contributed by atoms with Gasteiger partial charge >= 0.3 is 5.97 Å². The van der Waals surface area contributed by atoms with Crippen molar-refractivity contribution < 1.29 is 17.9 Å². The Hall–Kier alpha value is -2.71. The van der Waals surface area contributed by atoms with E-state index in [1.165, 1.54) is 18.4 Å². The Morgan fingerprint density at radius 1 is 1.14 bits per heavy atom. The lowest BCUT2D eigenvalue weighted by Crippen LogP contribution is -2.22. The van der Waals surface area contributed by atoms with Crippen molar-refractivity contribution in [3.05, 3.63) is 59.9 Å². The second kappa shape index (κ2) is 8.75. The summed E-state index contributed by atoms with van der Waals surface area (Å²) in [6.45, 7) is 2.64. The predicted octanol–water partition coefficient (Wildman–Crippen LogP) is 2.98. The molecule has 2 aromatic carbocycles. The van der Waals surface area contributed by atoms with E-state index in [0.29, 0.717) is 30.7 Å². The molecule has 0 bridgehead atoms. The second-order valence-corrected chi connectivity index (χ2v) is 9.01. The van der Waals surface area contributed by atoms with Crippen molar-refractivity contribution in [2.24, 2.45) is 0 Å². The molecule has 0 saturated carbocycles. The lowest BCUT2D eigenvalue weighted by Gasteiger charge is -2.11. The van der Waals surface area contributed by atoms with Crippen molar-refractivity contribution in [1.29, 1.82) is 0 Å². The summed E-state index contributed by atoms with van der Waals surface area (Å²) >= 11 is 0. The van der Waals surface area contributed by atoms with Gasteiger partial charge in [-0.25, -0.2) is 17.7 Å². The van der Waals surface area contributed by atoms with Crippen LogP contribution in [0.4, 0.5) is 0 Å². The van der Waals surface area contributed by atoms with Crippen LogP contribution in [0.15, 0.2) is 53.4 Å². The normalized spacial score (nSPS) is 11.9. The number of fused-ring (bicyclic) bond motifs is 1. The molecular formula is C21H25N3O4S. The molecule has 0 aliphatic rings. The molecule has 0 aliphatic carbocycles. The molecule has 1 aromatic heterocycles. The topological polar surface area (TPSA) is 81.5 Å². The number of ether oxygens (including phenoxy) is 1. The summed E-state index contributed by atoms with van der Waals surface area (Å²) in [5.41, 5.74) is 2.45. The standard InChI is InChI=1S/C21H25N3O4S/c1-4-24-19-12-11-17(29(26,27)23(2)3)14-18(19)22-20(24)15-28-21(25)13-10-16-8-6-5-7-9-16/h5-9,11-12,14H,4,10,13,15H2,1-3H3. The number of hydrogen-bond donors (Lipinski definition) is 0. The van der Waals surface area contributed by atoms with Crippen LogP contribution >= 0.6 is 0 Å². The number of carbonyl (C=O) groups is 1. The van der Waals surface area contributed by atoms with Crippen LogP contribution in [-0.4, -0.2) is 42.3 Å². The number of benzene rings is 2. The van der Waals surface area contributed by atoms with E-state index in [1.807, 2.05) is 41.8 Å². The van der Waals surface area contributed by atoms with Crippen molar-refractivity contribution in [2.45, 2.75) is 37.8 Å². The molecule has 0 N–H and O–H groups in total. The van der Waals surface area contributed by atoms with Gasteiger partial charge in [-0.15, -0.1) is 0 Å². The van der Waals surface area contributed by atoms with E-state index in [1.54, 1.807) is 18.2 Å². The van der Waals surface area contributed by atoms with Crippen LogP contribution in [-0.2, 0) is 39.1 Å². The first-order chi connectivity index (χ1) is 13.8. The molecular weight excluding hydrogens is 390 g/mol. The molecule has 0 spiro atoms. The summed E-state index contributed by atoms with van der Waals surface area (Å²) in [4.78, 5) is 16.8.